The number of nitrogens with one attached hydrogen (secondary N) is 2. The van der Waals surface area contributed by atoms with Gasteiger partial charge in [-0.05, 0) is 86.2 Å². The highest BCUT2D eigenvalue weighted by Gasteiger charge is 2.47. The molecule has 1 fully saturated rings. The van der Waals surface area contributed by atoms with E-state index < -0.39 is 7.41 Å². The van der Waals surface area contributed by atoms with Crippen molar-refractivity contribution in [2.75, 3.05) is 32.0 Å². The molecule has 5 rings (SSSR count). The lowest BCUT2D eigenvalue weighted by molar-refractivity contribution is 0.392. The van der Waals surface area contributed by atoms with Crippen molar-refractivity contribution in [3.8, 4) is 22.8 Å². The highest BCUT2D eigenvalue weighted by atomic mass is 32.1. The lowest BCUT2D eigenvalue weighted by atomic mass is 10.1. The summed E-state index contributed by atoms with van der Waals surface area (Å²) in [5.41, 5.74) is 5.93. The van der Waals surface area contributed by atoms with Crippen LogP contribution in [0.2, 0.25) is 0 Å². The zero-order chi connectivity index (χ0) is 28.7. The summed E-state index contributed by atoms with van der Waals surface area (Å²) >= 11 is 4.16. The SMILES string of the molecule is C.CC.CC=C(NCCc1cc2c(c(-c3ccc(F)cc3)n1)OC[P+]2(C)NCC1CC1)c1ccc(OCS)c(C)c1. The number of benzene rings is 2. The monoisotopic (exact) mass is 598 g/mol. The molecule has 1 unspecified atom stereocenters. The Morgan fingerprint density at radius 2 is 1.90 bits per heavy atom. The minimum Gasteiger partial charge on any atom is -0.483 e. The third kappa shape index (κ3) is 8.03. The molecule has 3 aromatic rings. The van der Waals surface area contributed by atoms with Crippen LogP contribution in [-0.4, -0.2) is 37.0 Å². The molecule has 0 spiro atoms. The fourth-order valence-electron chi connectivity index (χ4n) is 4.80. The third-order valence-electron chi connectivity index (χ3n) is 7.24. The van der Waals surface area contributed by atoms with Gasteiger partial charge in [-0.2, -0.15) is 5.09 Å². The number of rotatable bonds is 11. The Kier molecular flexibility index (Phi) is 12.1. The molecule has 1 aromatic heterocycles. The molecule has 8 heteroatoms. The van der Waals surface area contributed by atoms with E-state index in [1.165, 1.54) is 30.3 Å². The van der Waals surface area contributed by atoms with E-state index in [2.05, 4.69) is 54.0 Å². The van der Waals surface area contributed by atoms with Gasteiger partial charge in [-0.1, -0.05) is 27.4 Å². The number of aryl methyl sites for hydroxylation is 1. The van der Waals surface area contributed by atoms with Crippen molar-refractivity contribution < 1.29 is 13.9 Å². The highest BCUT2D eigenvalue weighted by molar-refractivity contribution is 7.81. The van der Waals surface area contributed by atoms with Crippen LogP contribution < -0.4 is 25.2 Å². The Hall–Kier alpha value is -2.60. The van der Waals surface area contributed by atoms with E-state index in [9.17, 15) is 4.39 Å². The number of hydrogen-bond acceptors (Lipinski definition) is 6. The van der Waals surface area contributed by atoms with Crippen LogP contribution >= 0.6 is 20.0 Å². The van der Waals surface area contributed by atoms with E-state index in [4.69, 9.17) is 14.5 Å². The van der Waals surface area contributed by atoms with Crippen molar-refractivity contribution in [3.05, 3.63) is 77.2 Å². The Morgan fingerprint density at radius 3 is 2.54 bits per heavy atom. The summed E-state index contributed by atoms with van der Waals surface area (Å²) in [6.45, 7) is 12.2. The third-order valence-corrected chi connectivity index (χ3v) is 10.3. The zero-order valence-electron chi connectivity index (χ0n) is 24.3. The van der Waals surface area contributed by atoms with E-state index in [1.807, 2.05) is 33.8 Å². The first-order valence-electron chi connectivity index (χ1n) is 14.2. The molecule has 2 heterocycles. The van der Waals surface area contributed by atoms with Crippen molar-refractivity contribution >= 4 is 31.0 Å². The van der Waals surface area contributed by atoms with Gasteiger partial charge in [-0.3, -0.25) is 0 Å². The lowest BCUT2D eigenvalue weighted by Gasteiger charge is -2.17. The van der Waals surface area contributed by atoms with Crippen LogP contribution in [0.4, 0.5) is 4.39 Å². The molecule has 41 heavy (non-hydrogen) atoms. The number of nitrogens with zero attached hydrogens (tertiary/aromatic N) is 1. The molecule has 1 saturated carbocycles. The van der Waals surface area contributed by atoms with Crippen LogP contribution in [0.5, 0.6) is 11.5 Å². The van der Waals surface area contributed by atoms with E-state index in [1.54, 1.807) is 12.1 Å². The topological polar surface area (TPSA) is 55.4 Å². The predicted octanol–water partition coefficient (Wildman–Crippen LogP) is 7.85. The van der Waals surface area contributed by atoms with Crippen molar-refractivity contribution in [1.29, 1.82) is 0 Å². The van der Waals surface area contributed by atoms with Gasteiger partial charge in [0.25, 0.3) is 0 Å². The first-order chi connectivity index (χ1) is 19.4. The van der Waals surface area contributed by atoms with Gasteiger partial charge in [0.15, 0.2) is 18.5 Å². The van der Waals surface area contributed by atoms with Crippen LogP contribution in [0.3, 0.4) is 0 Å². The largest absolute Gasteiger partial charge is 0.483 e. The van der Waals surface area contributed by atoms with E-state index in [0.29, 0.717) is 12.3 Å². The first kappa shape index (κ1) is 32.9. The molecule has 0 saturated heterocycles. The van der Waals surface area contributed by atoms with Gasteiger partial charge in [-0.15, -0.1) is 12.6 Å². The summed E-state index contributed by atoms with van der Waals surface area (Å²) in [5, 5.41) is 8.71. The molecule has 0 amide bonds. The summed E-state index contributed by atoms with van der Waals surface area (Å²) in [6, 6.07) is 15.0. The maximum absolute atomic E-state index is 13.7. The van der Waals surface area contributed by atoms with Crippen molar-refractivity contribution in [2.45, 2.75) is 54.4 Å². The predicted molar refractivity (Wildman–Crippen MR) is 177 cm³/mol. The van der Waals surface area contributed by atoms with Crippen LogP contribution in [0, 0.1) is 18.7 Å². The summed E-state index contributed by atoms with van der Waals surface area (Å²) in [6.07, 6.45) is 6.13. The highest BCUT2D eigenvalue weighted by Crippen LogP contribution is 2.58. The van der Waals surface area contributed by atoms with Crippen LogP contribution in [0.25, 0.3) is 17.0 Å². The van der Waals surface area contributed by atoms with Gasteiger partial charge < -0.3 is 14.8 Å². The zero-order valence-corrected chi connectivity index (χ0v) is 26.0. The smallest absolute Gasteiger partial charge is 0.216 e. The molecule has 0 radical (unpaired) electrons. The number of pyridine rings is 1. The van der Waals surface area contributed by atoms with Gasteiger partial charge in [0.2, 0.25) is 6.35 Å². The minimum absolute atomic E-state index is 0. The molecule has 1 aliphatic carbocycles. The average Bonchev–Trinajstić information content (AvgIpc) is 3.75. The summed E-state index contributed by atoms with van der Waals surface area (Å²) in [5.74, 6) is 2.58. The molecule has 1 atom stereocenters. The number of hydrogen-bond donors (Lipinski definition) is 3. The number of thiol groups is 1. The van der Waals surface area contributed by atoms with Crippen LogP contribution in [0.15, 0.2) is 54.6 Å². The fraction of sp³-hybridized carbons (Fsp3) is 0.424. The summed E-state index contributed by atoms with van der Waals surface area (Å²) in [4.78, 5) is 5.02. The standard InChI is InChI=1S/C30H35FN3O2PS.C2H6.CH4/c1-4-26(23-9-12-27(36-19-38)20(2)15-23)32-14-13-25-16-28-30(29(34-25)22-7-10-24(31)11-8-22)35-18-37(28,3)33-17-21-5-6-21;1-2;/h4,7-12,15-16,21,32-33H,5-6,13-14,17-19H2,1-3H3;1-2H3;1H4/p+1. The Labute approximate surface area is 252 Å². The van der Waals surface area contributed by atoms with Crippen LogP contribution in [-0.2, 0) is 6.42 Å². The van der Waals surface area contributed by atoms with Gasteiger partial charge in [-0.25, -0.2) is 9.37 Å². The number of fused-ring (bicyclic) bond motifs is 1. The second-order valence-electron chi connectivity index (χ2n) is 10.2. The second-order valence-corrected chi connectivity index (χ2v) is 13.9. The molecular weight excluding hydrogens is 552 g/mol. The average molecular weight is 599 g/mol. The first-order valence-corrected chi connectivity index (χ1v) is 17.2. The van der Waals surface area contributed by atoms with E-state index >= 15 is 0 Å². The molecule has 2 aromatic carbocycles. The van der Waals surface area contributed by atoms with E-state index in [0.717, 1.165) is 70.7 Å². The summed E-state index contributed by atoms with van der Waals surface area (Å²) in [7, 11) is -1.66. The maximum atomic E-state index is 13.7. The Balaban J connectivity index is 0.00000151. The molecule has 0 bridgehead atoms. The molecule has 2 aliphatic rings. The van der Waals surface area contributed by atoms with Gasteiger partial charge in [0.05, 0.1) is 6.66 Å². The van der Waals surface area contributed by atoms with Crippen LogP contribution in [0.1, 0.15) is 57.9 Å². The molecule has 5 nitrogen and oxygen atoms in total. The lowest BCUT2D eigenvalue weighted by Crippen LogP contribution is -2.26. The van der Waals surface area contributed by atoms with Gasteiger partial charge in [0.1, 0.15) is 23.2 Å². The second kappa shape index (κ2) is 15.0. The van der Waals surface area contributed by atoms with E-state index in [-0.39, 0.29) is 13.2 Å². The summed E-state index contributed by atoms with van der Waals surface area (Å²) < 4.78 is 25.5. The minimum atomic E-state index is -1.66. The van der Waals surface area contributed by atoms with Crippen molar-refractivity contribution in [2.24, 2.45) is 5.92 Å². The number of halogens is 1. The number of allylic oxidation sites excluding steroid dienone is 1. The Morgan fingerprint density at radius 1 is 1.17 bits per heavy atom. The number of aromatic nitrogens is 1. The van der Waals surface area contributed by atoms with Crippen molar-refractivity contribution in [1.82, 2.24) is 15.4 Å². The van der Waals surface area contributed by atoms with Crippen molar-refractivity contribution in [3.63, 3.8) is 0 Å². The fourth-order valence-corrected chi connectivity index (χ4v) is 7.44. The molecular formula is C33H46FN3O2PS+. The molecule has 2 N–H and O–H groups in total. The number of ether oxygens (including phenoxy) is 2. The Bertz CT molecular complexity index is 1330. The van der Waals surface area contributed by atoms with Gasteiger partial charge in [0, 0.05) is 42.5 Å². The quantitative estimate of drug-likeness (QED) is 0.119. The normalized spacial score (nSPS) is 17.5. The molecule has 222 valence electrons. The van der Waals surface area contributed by atoms with Gasteiger partial charge >= 0.3 is 0 Å². The molecule has 1 aliphatic heterocycles. The maximum Gasteiger partial charge on any atom is 0.216 e.